The van der Waals surface area contributed by atoms with Gasteiger partial charge in [0, 0.05) is 10.6 Å². The van der Waals surface area contributed by atoms with E-state index in [1.165, 1.54) is 11.2 Å². The molecular weight excluding hydrogens is 378 g/mol. The molecule has 1 amide bonds. The van der Waals surface area contributed by atoms with E-state index in [4.69, 9.17) is 16.0 Å². The Balaban J connectivity index is 1.88. The zero-order valence-corrected chi connectivity index (χ0v) is 15.5. The van der Waals surface area contributed by atoms with Gasteiger partial charge in [-0.05, 0) is 29.8 Å². The third-order valence-corrected chi connectivity index (χ3v) is 4.89. The monoisotopic (exact) mass is 393 g/mol. The SMILES string of the molecule is O=C1C(=O)N(Cc2ccco2)C(c2cccc(Cl)c2)/C1=C(\O)c1ccccc1. The number of furan rings is 1. The van der Waals surface area contributed by atoms with E-state index in [1.807, 2.05) is 0 Å². The Hall–Kier alpha value is -3.31. The molecule has 1 N–H and O–H groups in total. The highest BCUT2D eigenvalue weighted by Crippen LogP contribution is 2.40. The zero-order valence-electron chi connectivity index (χ0n) is 14.7. The number of Topliss-reactive ketones (excluding diaryl/α,β-unsaturated/α-hetero) is 1. The number of hydrogen-bond donors (Lipinski definition) is 1. The molecule has 1 aromatic heterocycles. The van der Waals surface area contributed by atoms with E-state index in [0.717, 1.165) is 0 Å². The van der Waals surface area contributed by atoms with Crippen LogP contribution < -0.4 is 0 Å². The normalized spacial score (nSPS) is 18.6. The Morgan fingerprint density at radius 2 is 1.82 bits per heavy atom. The first-order valence-corrected chi connectivity index (χ1v) is 9.05. The molecule has 0 bridgehead atoms. The molecule has 1 aliphatic heterocycles. The van der Waals surface area contributed by atoms with E-state index in [1.54, 1.807) is 66.7 Å². The average Bonchev–Trinajstić information content (AvgIpc) is 3.30. The summed E-state index contributed by atoms with van der Waals surface area (Å²) in [4.78, 5) is 27.0. The van der Waals surface area contributed by atoms with Gasteiger partial charge in [-0.3, -0.25) is 9.59 Å². The van der Waals surface area contributed by atoms with Crippen LogP contribution in [-0.2, 0) is 16.1 Å². The number of likely N-dealkylation sites (tertiary alicyclic amines) is 1. The van der Waals surface area contributed by atoms with E-state index >= 15 is 0 Å². The van der Waals surface area contributed by atoms with Crippen molar-refractivity contribution in [2.45, 2.75) is 12.6 Å². The summed E-state index contributed by atoms with van der Waals surface area (Å²) in [5.41, 5.74) is 1.13. The van der Waals surface area contributed by atoms with Crippen LogP contribution in [0.2, 0.25) is 5.02 Å². The molecule has 140 valence electrons. The van der Waals surface area contributed by atoms with Crippen LogP contribution in [0.5, 0.6) is 0 Å². The first-order valence-electron chi connectivity index (χ1n) is 8.68. The lowest BCUT2D eigenvalue weighted by Gasteiger charge is -2.24. The molecule has 0 spiro atoms. The van der Waals surface area contributed by atoms with Gasteiger partial charge in [-0.1, -0.05) is 54.1 Å². The number of rotatable bonds is 4. The second-order valence-corrected chi connectivity index (χ2v) is 6.86. The molecular formula is C22H16ClNO4. The summed E-state index contributed by atoms with van der Waals surface area (Å²) in [6.45, 7) is 0.0975. The predicted octanol–water partition coefficient (Wildman–Crippen LogP) is 4.55. The number of amides is 1. The highest BCUT2D eigenvalue weighted by molar-refractivity contribution is 6.46. The highest BCUT2D eigenvalue weighted by Gasteiger charge is 2.46. The fourth-order valence-corrected chi connectivity index (χ4v) is 3.59. The van der Waals surface area contributed by atoms with Gasteiger partial charge in [0.15, 0.2) is 0 Å². The van der Waals surface area contributed by atoms with Crippen LogP contribution >= 0.6 is 11.6 Å². The minimum absolute atomic E-state index is 0.0324. The van der Waals surface area contributed by atoms with Crippen molar-refractivity contribution in [1.29, 1.82) is 0 Å². The number of hydrogen-bond acceptors (Lipinski definition) is 4. The number of carbonyl (C=O) groups is 2. The summed E-state index contributed by atoms with van der Waals surface area (Å²) in [6, 6.07) is 18.3. The van der Waals surface area contributed by atoms with Crippen molar-refractivity contribution in [3.8, 4) is 0 Å². The Bertz CT molecular complexity index is 1060. The number of benzene rings is 2. The topological polar surface area (TPSA) is 70.8 Å². The van der Waals surface area contributed by atoms with E-state index in [2.05, 4.69) is 0 Å². The zero-order chi connectivity index (χ0) is 19.7. The summed E-state index contributed by atoms with van der Waals surface area (Å²) in [5, 5.41) is 11.3. The molecule has 3 aromatic rings. The van der Waals surface area contributed by atoms with E-state index in [0.29, 0.717) is 21.9 Å². The van der Waals surface area contributed by atoms with Gasteiger partial charge < -0.3 is 14.4 Å². The van der Waals surface area contributed by atoms with Crippen LogP contribution in [-0.4, -0.2) is 21.7 Å². The second-order valence-electron chi connectivity index (χ2n) is 6.43. The first kappa shape index (κ1) is 18.1. The Morgan fingerprint density at radius 3 is 2.50 bits per heavy atom. The second kappa shape index (κ2) is 7.37. The molecule has 1 unspecified atom stereocenters. The summed E-state index contributed by atoms with van der Waals surface area (Å²) >= 11 is 6.15. The van der Waals surface area contributed by atoms with Gasteiger partial charge in [-0.15, -0.1) is 0 Å². The Labute approximate surface area is 166 Å². The van der Waals surface area contributed by atoms with Crippen molar-refractivity contribution >= 4 is 29.1 Å². The summed E-state index contributed by atoms with van der Waals surface area (Å²) in [5.74, 6) is -1.11. The maximum atomic E-state index is 12.9. The molecule has 6 heteroatoms. The van der Waals surface area contributed by atoms with Crippen molar-refractivity contribution in [2.75, 3.05) is 0 Å². The summed E-state index contributed by atoms with van der Waals surface area (Å²) < 4.78 is 5.36. The molecule has 0 saturated carbocycles. The Morgan fingerprint density at radius 1 is 1.04 bits per heavy atom. The standard InChI is InChI=1S/C22H16ClNO4/c23-16-9-4-8-15(12-16)19-18(20(25)14-6-2-1-3-7-14)21(26)22(27)24(19)13-17-10-5-11-28-17/h1-12,19,25H,13H2/b20-18+. The minimum Gasteiger partial charge on any atom is -0.507 e. The van der Waals surface area contributed by atoms with Gasteiger partial charge in [0.2, 0.25) is 0 Å². The summed E-state index contributed by atoms with van der Waals surface area (Å²) in [7, 11) is 0. The van der Waals surface area contributed by atoms with Gasteiger partial charge >= 0.3 is 0 Å². The first-order chi connectivity index (χ1) is 13.6. The number of nitrogens with zero attached hydrogens (tertiary/aromatic N) is 1. The third-order valence-electron chi connectivity index (χ3n) is 4.66. The van der Waals surface area contributed by atoms with Crippen molar-refractivity contribution in [2.24, 2.45) is 0 Å². The van der Waals surface area contributed by atoms with E-state index in [9.17, 15) is 14.7 Å². The highest BCUT2D eigenvalue weighted by atomic mass is 35.5. The lowest BCUT2D eigenvalue weighted by molar-refractivity contribution is -0.140. The van der Waals surface area contributed by atoms with Crippen LogP contribution in [0.1, 0.15) is 22.9 Å². The van der Waals surface area contributed by atoms with Gasteiger partial charge in [0.25, 0.3) is 11.7 Å². The Kier molecular flexibility index (Phi) is 4.75. The van der Waals surface area contributed by atoms with Crippen LogP contribution in [0.25, 0.3) is 5.76 Å². The molecule has 1 fully saturated rings. The molecule has 1 atom stereocenters. The van der Waals surface area contributed by atoms with Gasteiger partial charge in [0.05, 0.1) is 24.4 Å². The molecule has 0 radical (unpaired) electrons. The fourth-order valence-electron chi connectivity index (χ4n) is 3.39. The van der Waals surface area contributed by atoms with Crippen LogP contribution in [0, 0.1) is 0 Å². The number of carbonyl (C=O) groups excluding carboxylic acids is 2. The lowest BCUT2D eigenvalue weighted by Crippen LogP contribution is -2.29. The van der Waals surface area contributed by atoms with Gasteiger partial charge in [-0.2, -0.15) is 0 Å². The van der Waals surface area contributed by atoms with Crippen molar-refractivity contribution in [1.82, 2.24) is 4.90 Å². The maximum Gasteiger partial charge on any atom is 0.296 e. The molecule has 28 heavy (non-hydrogen) atoms. The molecule has 2 aromatic carbocycles. The molecule has 4 rings (SSSR count). The van der Waals surface area contributed by atoms with Crippen molar-refractivity contribution < 1.29 is 19.1 Å². The van der Waals surface area contributed by atoms with Crippen LogP contribution in [0.3, 0.4) is 0 Å². The van der Waals surface area contributed by atoms with E-state index < -0.39 is 17.7 Å². The van der Waals surface area contributed by atoms with Crippen LogP contribution in [0.4, 0.5) is 0 Å². The lowest BCUT2D eigenvalue weighted by atomic mass is 9.95. The predicted molar refractivity (Wildman–Crippen MR) is 104 cm³/mol. The molecule has 0 aliphatic carbocycles. The third kappa shape index (κ3) is 3.21. The fraction of sp³-hybridized carbons (Fsp3) is 0.0909. The largest absolute Gasteiger partial charge is 0.507 e. The van der Waals surface area contributed by atoms with Crippen molar-refractivity contribution in [3.63, 3.8) is 0 Å². The molecule has 5 nitrogen and oxygen atoms in total. The van der Waals surface area contributed by atoms with E-state index in [-0.39, 0.29) is 17.9 Å². The molecule has 1 saturated heterocycles. The quantitative estimate of drug-likeness (QED) is 0.401. The van der Waals surface area contributed by atoms with Gasteiger partial charge in [0.1, 0.15) is 11.5 Å². The van der Waals surface area contributed by atoms with Gasteiger partial charge in [-0.25, -0.2) is 0 Å². The van der Waals surface area contributed by atoms with Crippen LogP contribution in [0.15, 0.2) is 83.0 Å². The average molecular weight is 394 g/mol. The minimum atomic E-state index is -0.774. The smallest absolute Gasteiger partial charge is 0.296 e. The van der Waals surface area contributed by atoms with Crippen molar-refractivity contribution in [3.05, 3.63) is 100 Å². The number of aliphatic hydroxyl groups excluding tert-OH is 1. The summed E-state index contributed by atoms with van der Waals surface area (Å²) in [6.07, 6.45) is 1.50. The number of aliphatic hydroxyl groups is 1. The number of halogens is 1. The molecule has 2 heterocycles. The molecule has 1 aliphatic rings. The maximum absolute atomic E-state index is 12.9. The number of ketones is 1.